The highest BCUT2D eigenvalue weighted by molar-refractivity contribution is 7.45. The number of hydrogen-bond donors (Lipinski definition) is 2. The van der Waals surface area contributed by atoms with Crippen molar-refractivity contribution in [2.45, 2.75) is 199 Å². The average Bonchev–Trinajstić information content (AvgIpc) is 3.10. The van der Waals surface area contributed by atoms with Crippen LogP contribution in [0.4, 0.5) is 0 Å². The smallest absolute Gasteiger partial charge is 0.268 e. The molecule has 3 atom stereocenters. The van der Waals surface area contributed by atoms with Crippen molar-refractivity contribution in [3.8, 4) is 0 Å². The quantitative estimate of drug-likeness (QED) is 0.0279. The fourth-order valence-electron chi connectivity index (χ4n) is 6.07. The molecule has 312 valence electrons. The third-order valence-corrected chi connectivity index (χ3v) is 10.5. The van der Waals surface area contributed by atoms with Gasteiger partial charge >= 0.3 is 0 Å². The molecule has 0 aliphatic rings. The van der Waals surface area contributed by atoms with Gasteiger partial charge in [-0.15, -0.1) is 0 Å². The Morgan fingerprint density at radius 1 is 0.642 bits per heavy atom. The lowest BCUT2D eigenvalue weighted by Crippen LogP contribution is -2.45. The lowest BCUT2D eigenvalue weighted by Gasteiger charge is -2.29. The van der Waals surface area contributed by atoms with Crippen LogP contribution in [0.2, 0.25) is 0 Å². The number of nitrogens with zero attached hydrogens (tertiary/aromatic N) is 1. The summed E-state index contributed by atoms with van der Waals surface area (Å²) in [5.41, 5.74) is 0. The maximum atomic E-state index is 12.7. The number of aliphatic hydroxyl groups is 1. The molecule has 0 aromatic carbocycles. The molecule has 0 aromatic rings. The molecule has 0 fully saturated rings. The van der Waals surface area contributed by atoms with Crippen LogP contribution in [-0.2, 0) is 18.4 Å². The minimum atomic E-state index is -4.59. The second kappa shape index (κ2) is 36.4. The van der Waals surface area contributed by atoms with E-state index in [0.717, 1.165) is 44.9 Å². The van der Waals surface area contributed by atoms with Gasteiger partial charge in [0.05, 0.1) is 39.9 Å². The van der Waals surface area contributed by atoms with Gasteiger partial charge in [-0.2, -0.15) is 0 Å². The molecule has 0 aliphatic carbocycles. The van der Waals surface area contributed by atoms with E-state index in [-0.39, 0.29) is 12.5 Å². The first-order chi connectivity index (χ1) is 25.5. The molecular weight excluding hydrogens is 683 g/mol. The number of carbonyl (C=O) groups is 1. The van der Waals surface area contributed by atoms with Gasteiger partial charge in [0, 0.05) is 6.42 Å². The number of amides is 1. The fraction of sp³-hybridized carbons (Fsp3) is 0.841. The maximum absolute atomic E-state index is 12.7. The van der Waals surface area contributed by atoms with Gasteiger partial charge in [-0.1, -0.05) is 172 Å². The molecule has 8 nitrogen and oxygen atoms in total. The van der Waals surface area contributed by atoms with Gasteiger partial charge in [-0.05, 0) is 44.9 Å². The second-order valence-corrected chi connectivity index (χ2v) is 17.4. The molecule has 2 N–H and O–H groups in total. The zero-order valence-corrected chi connectivity index (χ0v) is 36.1. The van der Waals surface area contributed by atoms with E-state index in [4.69, 9.17) is 9.05 Å². The predicted molar refractivity (Wildman–Crippen MR) is 224 cm³/mol. The van der Waals surface area contributed by atoms with Gasteiger partial charge in [0.15, 0.2) is 0 Å². The first-order valence-corrected chi connectivity index (χ1v) is 23.3. The average molecular weight is 769 g/mol. The van der Waals surface area contributed by atoms with E-state index in [1.807, 2.05) is 27.2 Å². The summed E-state index contributed by atoms with van der Waals surface area (Å²) >= 11 is 0. The van der Waals surface area contributed by atoms with Crippen LogP contribution in [0.3, 0.4) is 0 Å². The third kappa shape index (κ3) is 38.8. The van der Waals surface area contributed by atoms with Crippen molar-refractivity contribution in [2.75, 3.05) is 40.9 Å². The predicted octanol–water partition coefficient (Wildman–Crippen LogP) is 11.3. The monoisotopic (exact) mass is 769 g/mol. The van der Waals surface area contributed by atoms with E-state index < -0.39 is 26.6 Å². The normalized spacial score (nSPS) is 14.8. The molecule has 53 heavy (non-hydrogen) atoms. The van der Waals surface area contributed by atoms with Gasteiger partial charge in [0.2, 0.25) is 5.91 Å². The van der Waals surface area contributed by atoms with E-state index in [9.17, 15) is 19.4 Å². The number of allylic oxidation sites excluding steroid dienone is 5. The molecule has 0 spiro atoms. The number of carbonyl (C=O) groups excluding carboxylic acids is 1. The van der Waals surface area contributed by atoms with Crippen LogP contribution in [0.15, 0.2) is 36.5 Å². The van der Waals surface area contributed by atoms with Crippen molar-refractivity contribution in [1.82, 2.24) is 5.32 Å². The molecule has 9 heteroatoms. The van der Waals surface area contributed by atoms with Gasteiger partial charge in [-0.25, -0.2) is 0 Å². The number of unbranched alkanes of at least 4 members (excludes halogenated alkanes) is 22. The van der Waals surface area contributed by atoms with Crippen LogP contribution >= 0.6 is 7.82 Å². The van der Waals surface area contributed by atoms with Crippen LogP contribution in [0.5, 0.6) is 0 Å². The van der Waals surface area contributed by atoms with Crippen molar-refractivity contribution in [3.63, 3.8) is 0 Å². The largest absolute Gasteiger partial charge is 0.756 e. The number of likely N-dealkylation sites (N-methyl/N-ethyl adjacent to an activating group) is 1. The molecule has 0 radical (unpaired) electrons. The Bertz CT molecular complexity index is 964. The molecule has 0 rings (SSSR count). The van der Waals surface area contributed by atoms with Gasteiger partial charge < -0.3 is 28.8 Å². The van der Waals surface area contributed by atoms with Crippen LogP contribution in [0.25, 0.3) is 0 Å². The summed E-state index contributed by atoms with van der Waals surface area (Å²) in [4.78, 5) is 25.1. The van der Waals surface area contributed by atoms with Crippen LogP contribution in [-0.4, -0.2) is 68.5 Å². The lowest BCUT2D eigenvalue weighted by molar-refractivity contribution is -0.870. The van der Waals surface area contributed by atoms with E-state index in [1.54, 1.807) is 6.08 Å². The highest BCUT2D eigenvalue weighted by Gasteiger charge is 2.23. The van der Waals surface area contributed by atoms with Crippen molar-refractivity contribution in [3.05, 3.63) is 36.5 Å². The number of aliphatic hydroxyl groups excluding tert-OH is 1. The highest BCUT2D eigenvalue weighted by Crippen LogP contribution is 2.38. The topological polar surface area (TPSA) is 108 Å². The van der Waals surface area contributed by atoms with Crippen molar-refractivity contribution < 1.29 is 32.9 Å². The Morgan fingerprint density at radius 2 is 1.06 bits per heavy atom. The molecule has 0 aliphatic heterocycles. The summed E-state index contributed by atoms with van der Waals surface area (Å²) < 4.78 is 23.0. The van der Waals surface area contributed by atoms with Crippen LogP contribution in [0.1, 0.15) is 187 Å². The Hall–Kier alpha value is -1.28. The Kier molecular flexibility index (Phi) is 35.5. The Balaban J connectivity index is 4.31. The Morgan fingerprint density at radius 3 is 1.53 bits per heavy atom. The fourth-order valence-corrected chi connectivity index (χ4v) is 6.79. The van der Waals surface area contributed by atoms with E-state index >= 15 is 0 Å². The number of rotatable bonds is 39. The second-order valence-electron chi connectivity index (χ2n) is 16.0. The molecule has 0 heterocycles. The Labute approximate surface area is 327 Å². The highest BCUT2D eigenvalue weighted by atomic mass is 31.2. The van der Waals surface area contributed by atoms with Gasteiger partial charge in [-0.3, -0.25) is 9.36 Å². The molecule has 0 bridgehead atoms. The van der Waals surface area contributed by atoms with Crippen LogP contribution < -0.4 is 10.2 Å². The zero-order chi connectivity index (χ0) is 39.3. The van der Waals surface area contributed by atoms with E-state index in [0.29, 0.717) is 17.4 Å². The summed E-state index contributed by atoms with van der Waals surface area (Å²) in [7, 11) is 1.23. The summed E-state index contributed by atoms with van der Waals surface area (Å²) in [6.07, 6.45) is 43.7. The minimum absolute atomic E-state index is 0.00857. The summed E-state index contributed by atoms with van der Waals surface area (Å²) in [5.74, 6) is -0.220. The van der Waals surface area contributed by atoms with Crippen LogP contribution in [0, 0.1) is 0 Å². The number of quaternary nitrogens is 1. The van der Waals surface area contributed by atoms with Crippen molar-refractivity contribution in [2.24, 2.45) is 0 Å². The van der Waals surface area contributed by atoms with E-state index in [1.165, 1.54) is 122 Å². The number of nitrogens with one attached hydrogen (secondary N) is 1. The van der Waals surface area contributed by atoms with Crippen molar-refractivity contribution in [1.29, 1.82) is 0 Å². The molecular formula is C44H85N2O6P. The number of hydrogen-bond acceptors (Lipinski definition) is 6. The molecule has 0 saturated carbocycles. The summed E-state index contributed by atoms with van der Waals surface area (Å²) in [6, 6.07) is -0.903. The molecule has 3 unspecified atom stereocenters. The first kappa shape index (κ1) is 51.7. The lowest BCUT2D eigenvalue weighted by atomic mass is 10.0. The van der Waals surface area contributed by atoms with Crippen molar-refractivity contribution >= 4 is 13.7 Å². The summed E-state index contributed by atoms with van der Waals surface area (Å²) in [5, 5.41) is 13.7. The third-order valence-electron chi connectivity index (χ3n) is 9.58. The molecule has 0 saturated heterocycles. The minimum Gasteiger partial charge on any atom is -0.756 e. The first-order valence-electron chi connectivity index (χ1n) is 21.9. The molecule has 1 amide bonds. The number of phosphoric acid groups is 1. The van der Waals surface area contributed by atoms with Gasteiger partial charge in [0.25, 0.3) is 7.82 Å². The molecule has 0 aromatic heterocycles. The SMILES string of the molecule is CCCCCCCCCCCCCCCC/C=C/CC/C=C/CC/C=C/C(O)C(COP(=O)([O-])OCC[N+](C)(C)C)NC(=O)CCCCCCCCC. The number of phosphoric ester groups is 1. The van der Waals surface area contributed by atoms with Gasteiger partial charge in [0.1, 0.15) is 13.2 Å². The maximum Gasteiger partial charge on any atom is 0.268 e. The summed E-state index contributed by atoms with van der Waals surface area (Å²) in [6.45, 7) is 4.56. The van der Waals surface area contributed by atoms with E-state index in [2.05, 4.69) is 43.5 Å². The standard InChI is InChI=1S/C44H85N2O6P/c1-6-8-10-12-14-15-16-17-18-19-20-21-22-23-24-25-26-27-28-29-30-32-33-35-37-43(47)42(41-52-53(49,50)51-40-39-46(3,4)5)45-44(48)38-36-34-31-13-11-9-7-2/h25-26,29-30,35,37,42-43,47H,6-24,27-28,31-34,36,38-41H2,1-5H3,(H-,45,48,49,50)/b26-25+,30-29+,37-35+. The zero-order valence-electron chi connectivity index (χ0n) is 35.2.